The van der Waals surface area contributed by atoms with E-state index in [4.69, 9.17) is 21.7 Å². The molecule has 1 heterocycles. The molecule has 4 nitrogen and oxygen atoms in total. The smallest absolute Gasteiger partial charge is 0.175 e. The molecule has 1 aliphatic rings. The summed E-state index contributed by atoms with van der Waals surface area (Å²) in [5.74, 6) is 0.789. The fourth-order valence-electron chi connectivity index (χ4n) is 3.88. The Morgan fingerprint density at radius 3 is 2.39 bits per heavy atom. The van der Waals surface area contributed by atoms with Gasteiger partial charge in [0, 0.05) is 43.9 Å². The Balaban J connectivity index is 1.41. The molecule has 1 saturated heterocycles. The SMILES string of the molecule is COc1cc(C(=S)N2CCN(Cc3ccccc3)CC2)cc(Br)c1OCc1ccccc1F. The molecular formula is C26H26BrFN2O2S. The average molecular weight is 529 g/mol. The maximum atomic E-state index is 14.0. The predicted molar refractivity (Wildman–Crippen MR) is 136 cm³/mol. The molecule has 3 aromatic carbocycles. The minimum atomic E-state index is -0.295. The third-order valence-electron chi connectivity index (χ3n) is 5.71. The first-order chi connectivity index (χ1) is 16.0. The molecule has 0 radical (unpaired) electrons. The molecule has 1 aliphatic heterocycles. The molecule has 0 saturated carbocycles. The van der Waals surface area contributed by atoms with Gasteiger partial charge in [-0.15, -0.1) is 0 Å². The summed E-state index contributed by atoms with van der Waals surface area (Å²) < 4.78 is 26.1. The Hall–Kier alpha value is -2.48. The van der Waals surface area contributed by atoms with Crippen molar-refractivity contribution in [3.05, 3.63) is 93.7 Å². The maximum Gasteiger partial charge on any atom is 0.175 e. The molecule has 7 heteroatoms. The molecule has 1 fully saturated rings. The lowest BCUT2D eigenvalue weighted by Crippen LogP contribution is -2.48. The first-order valence-corrected chi connectivity index (χ1v) is 12.0. The molecule has 0 amide bonds. The van der Waals surface area contributed by atoms with Crippen molar-refractivity contribution in [3.63, 3.8) is 0 Å². The molecule has 0 atom stereocenters. The summed E-state index contributed by atoms with van der Waals surface area (Å²) in [6.07, 6.45) is 0. The van der Waals surface area contributed by atoms with Crippen LogP contribution in [-0.4, -0.2) is 48.1 Å². The van der Waals surface area contributed by atoms with Gasteiger partial charge < -0.3 is 14.4 Å². The van der Waals surface area contributed by atoms with E-state index in [1.54, 1.807) is 25.3 Å². The van der Waals surface area contributed by atoms with Gasteiger partial charge in [-0.25, -0.2) is 4.39 Å². The summed E-state index contributed by atoms with van der Waals surface area (Å²) in [5.41, 5.74) is 2.70. The van der Waals surface area contributed by atoms with Gasteiger partial charge >= 0.3 is 0 Å². The average Bonchev–Trinajstić information content (AvgIpc) is 2.84. The molecule has 0 unspecified atom stereocenters. The molecular weight excluding hydrogens is 503 g/mol. The van der Waals surface area contributed by atoms with Crippen LogP contribution in [0.15, 0.2) is 71.2 Å². The Morgan fingerprint density at radius 2 is 1.70 bits per heavy atom. The van der Waals surface area contributed by atoms with Crippen LogP contribution in [0.1, 0.15) is 16.7 Å². The highest BCUT2D eigenvalue weighted by atomic mass is 79.9. The number of benzene rings is 3. The van der Waals surface area contributed by atoms with Crippen LogP contribution in [0.2, 0.25) is 0 Å². The topological polar surface area (TPSA) is 24.9 Å². The molecule has 172 valence electrons. The summed E-state index contributed by atoms with van der Waals surface area (Å²) in [6.45, 7) is 4.71. The van der Waals surface area contributed by atoms with E-state index in [9.17, 15) is 4.39 Å². The quantitative estimate of drug-likeness (QED) is 0.368. The number of methoxy groups -OCH3 is 1. The van der Waals surface area contributed by atoms with Crippen LogP contribution >= 0.6 is 28.1 Å². The van der Waals surface area contributed by atoms with Crippen LogP contribution in [0.4, 0.5) is 4.39 Å². The van der Waals surface area contributed by atoms with Crippen LogP contribution < -0.4 is 9.47 Å². The van der Waals surface area contributed by atoms with Gasteiger partial charge in [-0.1, -0.05) is 60.7 Å². The summed E-state index contributed by atoms with van der Waals surface area (Å²) in [6, 6.07) is 20.9. The summed E-state index contributed by atoms with van der Waals surface area (Å²) >= 11 is 9.40. The molecule has 3 aromatic rings. The zero-order chi connectivity index (χ0) is 23.2. The molecule has 4 rings (SSSR count). The third-order valence-corrected chi connectivity index (χ3v) is 6.80. The van der Waals surface area contributed by atoms with Gasteiger partial charge in [-0.2, -0.15) is 0 Å². The Labute approximate surface area is 208 Å². The van der Waals surface area contributed by atoms with E-state index in [0.29, 0.717) is 17.1 Å². The number of rotatable bonds is 7. The van der Waals surface area contributed by atoms with Gasteiger partial charge in [0.25, 0.3) is 0 Å². The lowest BCUT2D eigenvalue weighted by molar-refractivity contribution is 0.177. The monoisotopic (exact) mass is 528 g/mol. The number of hydrogen-bond acceptors (Lipinski definition) is 4. The molecule has 0 aliphatic carbocycles. The third kappa shape index (κ3) is 5.91. The van der Waals surface area contributed by atoms with Gasteiger partial charge in [0.15, 0.2) is 11.5 Å². The van der Waals surface area contributed by atoms with Gasteiger partial charge in [-0.3, -0.25) is 4.90 Å². The summed E-state index contributed by atoms with van der Waals surface area (Å²) in [7, 11) is 1.59. The number of ether oxygens (including phenoxy) is 2. The van der Waals surface area contributed by atoms with E-state index in [1.165, 1.54) is 11.6 Å². The maximum absolute atomic E-state index is 14.0. The van der Waals surface area contributed by atoms with Gasteiger partial charge in [-0.05, 0) is 39.7 Å². The Morgan fingerprint density at radius 1 is 1.00 bits per heavy atom. The minimum Gasteiger partial charge on any atom is -0.493 e. The number of nitrogens with zero attached hydrogens (tertiary/aromatic N) is 2. The summed E-state index contributed by atoms with van der Waals surface area (Å²) in [4.78, 5) is 5.47. The van der Waals surface area contributed by atoms with Crippen molar-refractivity contribution in [2.24, 2.45) is 0 Å². The lowest BCUT2D eigenvalue weighted by Gasteiger charge is -2.36. The van der Waals surface area contributed by atoms with E-state index in [0.717, 1.165) is 47.7 Å². The van der Waals surface area contributed by atoms with Gasteiger partial charge in [0.2, 0.25) is 0 Å². The van der Waals surface area contributed by atoms with E-state index < -0.39 is 0 Å². The number of piperazine rings is 1. The normalized spacial score (nSPS) is 14.2. The molecule has 0 spiro atoms. The first kappa shape index (κ1) is 23.7. The van der Waals surface area contributed by atoms with Crippen LogP contribution in [0, 0.1) is 5.82 Å². The van der Waals surface area contributed by atoms with Gasteiger partial charge in [0.05, 0.1) is 11.6 Å². The fraction of sp³-hybridized carbons (Fsp3) is 0.269. The predicted octanol–water partition coefficient (Wildman–Crippen LogP) is 5.67. The zero-order valence-corrected chi connectivity index (χ0v) is 20.9. The number of thiocarbonyl (C=S) groups is 1. The second kappa shape index (κ2) is 11.1. The highest BCUT2D eigenvalue weighted by molar-refractivity contribution is 9.10. The first-order valence-electron chi connectivity index (χ1n) is 10.8. The highest BCUT2D eigenvalue weighted by Crippen LogP contribution is 2.38. The van der Waals surface area contributed by atoms with E-state index >= 15 is 0 Å². The Kier molecular flexibility index (Phi) is 7.96. The molecule has 0 bridgehead atoms. The van der Waals surface area contributed by atoms with Crippen molar-refractivity contribution in [3.8, 4) is 11.5 Å². The van der Waals surface area contributed by atoms with Crippen molar-refractivity contribution in [2.75, 3.05) is 33.3 Å². The lowest BCUT2D eigenvalue weighted by atomic mass is 10.1. The zero-order valence-electron chi connectivity index (χ0n) is 18.5. The van der Waals surface area contributed by atoms with Crippen molar-refractivity contribution >= 4 is 33.1 Å². The van der Waals surface area contributed by atoms with Crippen molar-refractivity contribution in [1.82, 2.24) is 9.80 Å². The fourth-order valence-corrected chi connectivity index (χ4v) is 4.74. The highest BCUT2D eigenvalue weighted by Gasteiger charge is 2.22. The van der Waals surface area contributed by atoms with Crippen molar-refractivity contribution in [1.29, 1.82) is 0 Å². The van der Waals surface area contributed by atoms with Crippen molar-refractivity contribution < 1.29 is 13.9 Å². The van der Waals surface area contributed by atoms with Crippen LogP contribution in [0.5, 0.6) is 11.5 Å². The van der Waals surface area contributed by atoms with Crippen LogP contribution in [0.3, 0.4) is 0 Å². The summed E-state index contributed by atoms with van der Waals surface area (Å²) in [5, 5.41) is 0. The largest absolute Gasteiger partial charge is 0.493 e. The van der Waals surface area contributed by atoms with E-state index in [1.807, 2.05) is 18.2 Å². The minimum absolute atomic E-state index is 0.106. The molecule has 0 aromatic heterocycles. The standard InChI is InChI=1S/C26H26BrFN2O2S/c1-31-24-16-21(15-22(27)25(24)32-18-20-9-5-6-10-23(20)28)26(33)30-13-11-29(12-14-30)17-19-7-3-2-4-8-19/h2-10,15-16H,11-14,17-18H2,1H3. The molecule has 0 N–H and O–H groups in total. The van der Waals surface area contributed by atoms with E-state index in [2.05, 4.69) is 50.0 Å². The van der Waals surface area contributed by atoms with Crippen LogP contribution in [-0.2, 0) is 13.2 Å². The second-order valence-corrected chi connectivity index (χ2v) is 9.16. The van der Waals surface area contributed by atoms with Crippen LogP contribution in [0.25, 0.3) is 0 Å². The van der Waals surface area contributed by atoms with Gasteiger partial charge in [0.1, 0.15) is 17.4 Å². The number of halogens is 2. The number of hydrogen-bond donors (Lipinski definition) is 0. The second-order valence-electron chi connectivity index (χ2n) is 7.92. The van der Waals surface area contributed by atoms with Crippen molar-refractivity contribution in [2.45, 2.75) is 13.2 Å². The Bertz CT molecular complexity index is 1100. The molecule has 33 heavy (non-hydrogen) atoms. The van der Waals surface area contributed by atoms with E-state index in [-0.39, 0.29) is 12.4 Å².